The fourth-order valence-electron chi connectivity index (χ4n) is 4.60. The van der Waals surface area contributed by atoms with Crippen LogP contribution in [-0.2, 0) is 10.0 Å². The summed E-state index contributed by atoms with van der Waals surface area (Å²) < 4.78 is 27.8. The molecule has 0 bridgehead atoms. The fraction of sp³-hybridized carbons (Fsp3) is 0.455. The van der Waals surface area contributed by atoms with E-state index in [-0.39, 0.29) is 0 Å². The molecular formula is C22H28N2O2S. The molecule has 2 saturated heterocycles. The monoisotopic (exact) mass is 384 g/mol. The van der Waals surface area contributed by atoms with Gasteiger partial charge < -0.3 is 0 Å². The van der Waals surface area contributed by atoms with E-state index in [1.54, 1.807) is 10.4 Å². The number of fused-ring (bicyclic) bond motifs is 1. The molecule has 4 rings (SSSR count). The van der Waals surface area contributed by atoms with E-state index in [4.69, 9.17) is 0 Å². The van der Waals surface area contributed by atoms with Crippen LogP contribution in [0.4, 0.5) is 0 Å². The Morgan fingerprint density at radius 2 is 1.74 bits per heavy atom. The highest BCUT2D eigenvalue weighted by atomic mass is 32.2. The highest BCUT2D eigenvalue weighted by molar-refractivity contribution is 7.89. The molecular weight excluding hydrogens is 356 g/mol. The Kier molecular flexibility index (Phi) is 5.10. The number of rotatable bonds is 5. The van der Waals surface area contributed by atoms with Crippen LogP contribution in [-0.4, -0.2) is 49.8 Å². The summed E-state index contributed by atoms with van der Waals surface area (Å²) in [6.45, 7) is 7.47. The Hall–Kier alpha value is -1.69. The molecule has 0 aromatic heterocycles. The third kappa shape index (κ3) is 3.56. The highest BCUT2D eigenvalue weighted by Gasteiger charge is 2.45. The van der Waals surface area contributed by atoms with Gasteiger partial charge in [-0.1, -0.05) is 55.5 Å². The van der Waals surface area contributed by atoms with Gasteiger partial charge in [0.05, 0.1) is 4.90 Å². The minimum atomic E-state index is -3.38. The molecule has 144 valence electrons. The Labute approximate surface area is 162 Å². The van der Waals surface area contributed by atoms with Gasteiger partial charge in [-0.15, -0.1) is 0 Å². The Bertz CT molecular complexity index is 898. The molecule has 0 N–H and O–H groups in total. The molecule has 4 nitrogen and oxygen atoms in total. The SMILES string of the molecule is Cc1ccccc1S(=O)(=O)N1CC[C@@H]2[C@H](CN2C[C@H](C)c2ccccc2)C1. The van der Waals surface area contributed by atoms with Crippen molar-refractivity contribution in [1.82, 2.24) is 9.21 Å². The van der Waals surface area contributed by atoms with Crippen LogP contribution >= 0.6 is 0 Å². The smallest absolute Gasteiger partial charge is 0.243 e. The van der Waals surface area contributed by atoms with Gasteiger partial charge in [-0.05, 0) is 36.5 Å². The van der Waals surface area contributed by atoms with Gasteiger partial charge >= 0.3 is 0 Å². The number of sulfonamides is 1. The largest absolute Gasteiger partial charge is 0.299 e. The molecule has 0 spiro atoms. The first-order valence-corrected chi connectivity index (χ1v) is 11.3. The molecule has 0 aliphatic carbocycles. The lowest BCUT2D eigenvalue weighted by molar-refractivity contribution is -0.0272. The molecule has 5 heteroatoms. The summed E-state index contributed by atoms with van der Waals surface area (Å²) >= 11 is 0. The van der Waals surface area contributed by atoms with Gasteiger partial charge in [0.15, 0.2) is 0 Å². The number of piperidine rings is 1. The summed E-state index contributed by atoms with van der Waals surface area (Å²) in [7, 11) is -3.38. The van der Waals surface area contributed by atoms with Crippen molar-refractivity contribution in [3.05, 3.63) is 65.7 Å². The molecule has 27 heavy (non-hydrogen) atoms. The number of aryl methyl sites for hydroxylation is 1. The van der Waals surface area contributed by atoms with Crippen LogP contribution in [0, 0.1) is 12.8 Å². The van der Waals surface area contributed by atoms with Gasteiger partial charge in [0.2, 0.25) is 10.0 Å². The number of benzene rings is 2. The lowest BCUT2D eigenvalue weighted by atomic mass is 9.82. The van der Waals surface area contributed by atoms with Crippen molar-refractivity contribution in [1.29, 1.82) is 0 Å². The van der Waals surface area contributed by atoms with Gasteiger partial charge in [-0.2, -0.15) is 4.31 Å². The molecule has 2 aromatic rings. The van der Waals surface area contributed by atoms with Crippen molar-refractivity contribution in [2.75, 3.05) is 26.2 Å². The first-order valence-electron chi connectivity index (χ1n) is 9.81. The summed E-state index contributed by atoms with van der Waals surface area (Å²) in [5, 5.41) is 0. The summed E-state index contributed by atoms with van der Waals surface area (Å²) in [6.07, 6.45) is 0.928. The second-order valence-corrected chi connectivity index (χ2v) is 9.92. The van der Waals surface area contributed by atoms with Gasteiger partial charge in [-0.25, -0.2) is 8.42 Å². The molecule has 0 unspecified atom stereocenters. The predicted molar refractivity (Wildman–Crippen MR) is 108 cm³/mol. The van der Waals surface area contributed by atoms with Crippen molar-refractivity contribution in [3.8, 4) is 0 Å². The first kappa shape index (κ1) is 18.7. The molecule has 2 aromatic carbocycles. The minimum absolute atomic E-state index is 0.456. The van der Waals surface area contributed by atoms with E-state index in [0.717, 1.165) is 25.1 Å². The van der Waals surface area contributed by atoms with Crippen LogP contribution in [0.25, 0.3) is 0 Å². The second kappa shape index (κ2) is 7.38. The summed E-state index contributed by atoms with van der Waals surface area (Å²) in [5.41, 5.74) is 2.20. The zero-order valence-electron chi connectivity index (χ0n) is 16.1. The number of likely N-dealkylation sites (tertiary alicyclic amines) is 1. The maximum Gasteiger partial charge on any atom is 0.243 e. The van der Waals surface area contributed by atoms with E-state index in [1.165, 1.54) is 5.56 Å². The predicted octanol–water partition coefficient (Wildman–Crippen LogP) is 3.49. The molecule has 0 saturated carbocycles. The van der Waals surface area contributed by atoms with Crippen molar-refractivity contribution >= 4 is 10.0 Å². The topological polar surface area (TPSA) is 40.6 Å². The summed E-state index contributed by atoms with van der Waals surface area (Å²) in [6, 6.07) is 18.5. The van der Waals surface area contributed by atoms with Crippen LogP contribution in [0.2, 0.25) is 0 Å². The summed E-state index contributed by atoms with van der Waals surface area (Å²) in [4.78, 5) is 3.00. The molecule has 2 heterocycles. The average Bonchev–Trinajstić information content (AvgIpc) is 2.66. The van der Waals surface area contributed by atoms with Crippen LogP contribution in [0.15, 0.2) is 59.5 Å². The standard InChI is InChI=1S/C22H28N2O2S/c1-17-8-6-7-11-22(17)27(25,26)24-13-12-21-20(16-24)15-23(21)14-18(2)19-9-4-3-5-10-19/h3-11,18,20-21H,12-16H2,1-2H3/t18-,20+,21+/m0/s1. The van der Waals surface area contributed by atoms with E-state index in [2.05, 4.69) is 42.2 Å². The fourth-order valence-corrected chi connectivity index (χ4v) is 6.33. The van der Waals surface area contributed by atoms with Crippen LogP contribution in [0.3, 0.4) is 0 Å². The molecule has 0 amide bonds. The van der Waals surface area contributed by atoms with Crippen molar-refractivity contribution in [2.24, 2.45) is 5.92 Å². The van der Waals surface area contributed by atoms with E-state index in [0.29, 0.717) is 35.9 Å². The molecule has 2 fully saturated rings. The lowest BCUT2D eigenvalue weighted by Gasteiger charge is -2.53. The lowest BCUT2D eigenvalue weighted by Crippen LogP contribution is -2.64. The van der Waals surface area contributed by atoms with Crippen molar-refractivity contribution in [3.63, 3.8) is 0 Å². The van der Waals surface area contributed by atoms with E-state index < -0.39 is 10.0 Å². The van der Waals surface area contributed by atoms with E-state index in [1.807, 2.05) is 25.1 Å². The zero-order chi connectivity index (χ0) is 19.0. The third-order valence-corrected chi connectivity index (χ3v) is 8.21. The van der Waals surface area contributed by atoms with Crippen molar-refractivity contribution in [2.45, 2.75) is 37.1 Å². The van der Waals surface area contributed by atoms with Crippen LogP contribution in [0.5, 0.6) is 0 Å². The molecule has 0 radical (unpaired) electrons. The van der Waals surface area contributed by atoms with Crippen molar-refractivity contribution < 1.29 is 8.42 Å². The zero-order valence-corrected chi connectivity index (χ0v) is 16.9. The number of nitrogens with zero attached hydrogens (tertiary/aromatic N) is 2. The number of hydrogen-bond donors (Lipinski definition) is 0. The number of hydrogen-bond acceptors (Lipinski definition) is 3. The summed E-state index contributed by atoms with van der Waals surface area (Å²) in [5.74, 6) is 0.960. The van der Waals surface area contributed by atoms with Gasteiger partial charge in [-0.3, -0.25) is 4.90 Å². The molecule has 2 aliphatic rings. The quantitative estimate of drug-likeness (QED) is 0.792. The third-order valence-electron chi connectivity index (χ3n) is 6.18. The van der Waals surface area contributed by atoms with Gasteiger partial charge in [0.1, 0.15) is 0 Å². The van der Waals surface area contributed by atoms with Gasteiger partial charge in [0, 0.05) is 38.1 Å². The van der Waals surface area contributed by atoms with Crippen LogP contribution < -0.4 is 0 Å². The molecule has 3 atom stereocenters. The van der Waals surface area contributed by atoms with E-state index >= 15 is 0 Å². The minimum Gasteiger partial charge on any atom is -0.299 e. The first-order chi connectivity index (χ1) is 13.0. The second-order valence-electron chi connectivity index (χ2n) is 8.01. The van der Waals surface area contributed by atoms with Crippen LogP contribution in [0.1, 0.15) is 30.4 Å². The normalized spacial score (nSPS) is 24.8. The Morgan fingerprint density at radius 1 is 1.04 bits per heavy atom. The van der Waals surface area contributed by atoms with Gasteiger partial charge in [0.25, 0.3) is 0 Å². The maximum absolute atomic E-state index is 13.0. The van der Waals surface area contributed by atoms with E-state index in [9.17, 15) is 8.42 Å². The Balaban J connectivity index is 1.39. The average molecular weight is 385 g/mol. The maximum atomic E-state index is 13.0. The highest BCUT2D eigenvalue weighted by Crippen LogP contribution is 2.36. The Morgan fingerprint density at radius 3 is 2.44 bits per heavy atom. The molecule has 2 aliphatic heterocycles.